The van der Waals surface area contributed by atoms with Crippen LogP contribution >= 0.6 is 35.6 Å². The minimum Gasteiger partial charge on any atom is -0.489 e. The maximum atomic E-state index is 10.9. The molecule has 0 radical (unpaired) electrons. The molecule has 1 aromatic heterocycles. The van der Waals surface area contributed by atoms with Crippen LogP contribution in [0.15, 0.2) is 30.6 Å². The van der Waals surface area contributed by atoms with E-state index in [4.69, 9.17) is 38.8 Å². The predicted octanol–water partition coefficient (Wildman–Crippen LogP) is 3.91. The van der Waals surface area contributed by atoms with Crippen LogP contribution in [-0.4, -0.2) is 22.1 Å². The molecular weight excluding hydrogens is 387 g/mol. The molecule has 8 heteroatoms. The fourth-order valence-electron chi connectivity index (χ4n) is 2.28. The number of ether oxygens (including phenoxy) is 1. The van der Waals surface area contributed by atoms with Crippen molar-refractivity contribution < 1.29 is 14.6 Å². The van der Waals surface area contributed by atoms with E-state index >= 15 is 0 Å². The normalized spacial score (nSPS) is 11.5. The van der Waals surface area contributed by atoms with Crippen LogP contribution in [-0.2, 0) is 24.2 Å². The summed E-state index contributed by atoms with van der Waals surface area (Å²) in [5, 5.41) is 9.84. The first-order valence-corrected chi connectivity index (χ1v) is 8.18. The summed E-state index contributed by atoms with van der Waals surface area (Å²) in [6.07, 6.45) is 4.05. The van der Waals surface area contributed by atoms with Crippen LogP contribution < -0.4 is 10.5 Å². The first kappa shape index (κ1) is 21.5. The molecule has 25 heavy (non-hydrogen) atoms. The van der Waals surface area contributed by atoms with Gasteiger partial charge in [0, 0.05) is 18.0 Å². The van der Waals surface area contributed by atoms with Gasteiger partial charge in [-0.25, -0.2) is 0 Å². The monoisotopic (exact) mass is 404 g/mol. The number of hydrogen-bond donors (Lipinski definition) is 2. The van der Waals surface area contributed by atoms with Gasteiger partial charge in [-0.15, -0.1) is 12.4 Å². The lowest BCUT2D eigenvalue weighted by molar-refractivity contribution is -0.138. The number of nitrogens with zero attached hydrogens (tertiary/aromatic N) is 1. The Labute approximate surface area is 162 Å². The second kappa shape index (κ2) is 9.82. The fourth-order valence-corrected chi connectivity index (χ4v) is 2.75. The van der Waals surface area contributed by atoms with Gasteiger partial charge in [-0.2, -0.15) is 0 Å². The molecule has 0 aliphatic rings. The minimum atomic E-state index is -1.01. The van der Waals surface area contributed by atoms with Crippen LogP contribution in [0.5, 0.6) is 5.75 Å². The van der Waals surface area contributed by atoms with Gasteiger partial charge in [-0.05, 0) is 36.1 Å². The van der Waals surface area contributed by atoms with Crippen LogP contribution in [0, 0.1) is 0 Å². The highest BCUT2D eigenvalue weighted by Crippen LogP contribution is 2.26. The van der Waals surface area contributed by atoms with Gasteiger partial charge in [0.05, 0.1) is 10.0 Å². The molecular formula is C17H19Cl3N2O3. The van der Waals surface area contributed by atoms with E-state index in [0.717, 1.165) is 17.5 Å². The number of carbonyl (C=O) groups is 1. The molecule has 0 saturated carbocycles. The zero-order valence-corrected chi connectivity index (χ0v) is 15.9. The second-order valence-electron chi connectivity index (χ2n) is 5.30. The second-order valence-corrected chi connectivity index (χ2v) is 6.12. The Hall–Kier alpha value is -1.53. The number of aliphatic carboxylic acids is 1. The van der Waals surface area contributed by atoms with Gasteiger partial charge in [0.15, 0.2) is 0 Å². The third-order valence-electron chi connectivity index (χ3n) is 3.65. The Morgan fingerprint density at radius 1 is 1.28 bits per heavy atom. The maximum absolute atomic E-state index is 10.9. The van der Waals surface area contributed by atoms with Crippen LogP contribution in [0.1, 0.15) is 23.6 Å². The molecule has 1 aromatic carbocycles. The number of aromatic nitrogens is 1. The number of carboxylic acid groups (broad SMARTS) is 1. The SMILES string of the molecule is CCc1cc(OCc2c(Cl)cncc2Cl)ccc1C[C@H](N)C(=O)O.Cl. The molecule has 0 amide bonds. The van der Waals surface area contributed by atoms with E-state index in [9.17, 15) is 4.79 Å². The molecule has 5 nitrogen and oxygen atoms in total. The van der Waals surface area contributed by atoms with Crippen molar-refractivity contribution in [1.29, 1.82) is 0 Å². The van der Waals surface area contributed by atoms with E-state index in [1.807, 2.05) is 19.1 Å². The lowest BCUT2D eigenvalue weighted by Crippen LogP contribution is -2.32. The largest absolute Gasteiger partial charge is 0.489 e. The van der Waals surface area contributed by atoms with Crippen LogP contribution in [0.25, 0.3) is 0 Å². The van der Waals surface area contributed by atoms with Crippen molar-refractivity contribution in [3.63, 3.8) is 0 Å². The topological polar surface area (TPSA) is 85.4 Å². The number of hydrogen-bond acceptors (Lipinski definition) is 4. The molecule has 1 heterocycles. The summed E-state index contributed by atoms with van der Waals surface area (Å²) < 4.78 is 5.76. The number of aryl methyl sites for hydroxylation is 1. The molecule has 0 bridgehead atoms. The number of nitrogens with two attached hydrogens (primary N) is 1. The van der Waals surface area contributed by atoms with E-state index < -0.39 is 12.0 Å². The van der Waals surface area contributed by atoms with E-state index in [1.165, 1.54) is 12.4 Å². The first-order chi connectivity index (χ1) is 11.4. The molecule has 0 saturated heterocycles. The van der Waals surface area contributed by atoms with Crippen molar-refractivity contribution in [1.82, 2.24) is 4.98 Å². The summed E-state index contributed by atoms with van der Waals surface area (Å²) in [6.45, 7) is 2.21. The van der Waals surface area contributed by atoms with E-state index in [-0.39, 0.29) is 25.4 Å². The van der Waals surface area contributed by atoms with E-state index in [2.05, 4.69) is 4.98 Å². The lowest BCUT2D eigenvalue weighted by Gasteiger charge is -2.14. The fraction of sp³-hybridized carbons (Fsp3) is 0.294. The third-order valence-corrected chi connectivity index (χ3v) is 4.30. The van der Waals surface area contributed by atoms with Crippen molar-refractivity contribution in [2.75, 3.05) is 0 Å². The molecule has 1 atom stereocenters. The van der Waals surface area contributed by atoms with Crippen molar-refractivity contribution in [3.05, 3.63) is 57.3 Å². The molecule has 3 N–H and O–H groups in total. The van der Waals surface area contributed by atoms with Crippen LogP contribution in [0.2, 0.25) is 10.0 Å². The summed E-state index contributed by atoms with van der Waals surface area (Å²) in [7, 11) is 0. The van der Waals surface area contributed by atoms with Crippen molar-refractivity contribution in [2.24, 2.45) is 5.73 Å². The Bertz CT molecular complexity index is 721. The molecule has 0 unspecified atom stereocenters. The zero-order valence-electron chi connectivity index (χ0n) is 13.5. The molecule has 0 spiro atoms. The number of carboxylic acids is 1. The average Bonchev–Trinajstić information content (AvgIpc) is 2.55. The smallest absolute Gasteiger partial charge is 0.320 e. The highest BCUT2D eigenvalue weighted by atomic mass is 35.5. The molecule has 136 valence electrons. The summed E-state index contributed by atoms with van der Waals surface area (Å²) in [4.78, 5) is 14.8. The number of halogens is 3. The highest BCUT2D eigenvalue weighted by molar-refractivity contribution is 6.35. The standard InChI is InChI=1S/C17H18Cl2N2O3.ClH/c1-2-10-5-12(4-3-11(10)6-16(20)17(22)23)24-9-13-14(18)7-21-8-15(13)19;/h3-5,7-8,16H,2,6,9,20H2,1H3,(H,22,23);1H/t16-;/m0./s1. The van der Waals surface area contributed by atoms with Gasteiger partial charge in [0.25, 0.3) is 0 Å². The molecule has 0 aliphatic carbocycles. The maximum Gasteiger partial charge on any atom is 0.320 e. The van der Waals surface area contributed by atoms with Crippen molar-refractivity contribution in [3.8, 4) is 5.75 Å². The molecule has 0 aliphatic heterocycles. The lowest BCUT2D eigenvalue weighted by atomic mass is 9.98. The van der Waals surface area contributed by atoms with Gasteiger partial charge >= 0.3 is 5.97 Å². The predicted molar refractivity (Wildman–Crippen MR) is 101 cm³/mol. The van der Waals surface area contributed by atoms with Gasteiger partial charge in [0.2, 0.25) is 0 Å². The van der Waals surface area contributed by atoms with Crippen LogP contribution in [0.3, 0.4) is 0 Å². The van der Waals surface area contributed by atoms with E-state index in [0.29, 0.717) is 21.4 Å². The summed E-state index contributed by atoms with van der Waals surface area (Å²) in [5.74, 6) is -0.359. The summed E-state index contributed by atoms with van der Waals surface area (Å²) in [5.41, 5.74) is 8.18. The highest BCUT2D eigenvalue weighted by Gasteiger charge is 2.15. The third kappa shape index (κ3) is 5.75. The Kier molecular flexibility index (Phi) is 8.45. The van der Waals surface area contributed by atoms with Gasteiger partial charge < -0.3 is 15.6 Å². The van der Waals surface area contributed by atoms with Gasteiger partial charge in [0.1, 0.15) is 18.4 Å². The Morgan fingerprint density at radius 3 is 2.48 bits per heavy atom. The van der Waals surface area contributed by atoms with Crippen molar-refractivity contribution >= 4 is 41.6 Å². The Balaban J connectivity index is 0.00000312. The quantitative estimate of drug-likeness (QED) is 0.729. The van der Waals surface area contributed by atoms with Crippen molar-refractivity contribution in [2.45, 2.75) is 32.4 Å². The first-order valence-electron chi connectivity index (χ1n) is 7.43. The van der Waals surface area contributed by atoms with E-state index in [1.54, 1.807) is 6.07 Å². The summed E-state index contributed by atoms with van der Waals surface area (Å²) in [6, 6.07) is 4.59. The zero-order chi connectivity index (χ0) is 17.7. The number of pyridine rings is 1. The van der Waals surface area contributed by atoms with Gasteiger partial charge in [-0.1, -0.05) is 36.2 Å². The summed E-state index contributed by atoms with van der Waals surface area (Å²) >= 11 is 12.1. The number of benzene rings is 1. The number of rotatable bonds is 7. The minimum absolute atomic E-state index is 0. The molecule has 2 rings (SSSR count). The average molecular weight is 406 g/mol. The molecule has 2 aromatic rings. The Morgan fingerprint density at radius 2 is 1.92 bits per heavy atom. The molecule has 0 fully saturated rings. The van der Waals surface area contributed by atoms with Crippen LogP contribution in [0.4, 0.5) is 0 Å². The van der Waals surface area contributed by atoms with Gasteiger partial charge in [-0.3, -0.25) is 9.78 Å².